The van der Waals surface area contributed by atoms with Crippen molar-refractivity contribution in [1.29, 1.82) is 0 Å². The van der Waals surface area contributed by atoms with E-state index in [9.17, 15) is 5.11 Å². The van der Waals surface area contributed by atoms with Crippen LogP contribution in [0.4, 0.5) is 0 Å². The minimum atomic E-state index is -0.101. The lowest BCUT2D eigenvalue weighted by Gasteiger charge is -2.42. The van der Waals surface area contributed by atoms with Crippen molar-refractivity contribution >= 4 is 0 Å². The summed E-state index contributed by atoms with van der Waals surface area (Å²) < 4.78 is 0. The van der Waals surface area contributed by atoms with Gasteiger partial charge in [0.2, 0.25) is 0 Å². The van der Waals surface area contributed by atoms with Gasteiger partial charge in [0.1, 0.15) is 0 Å². The van der Waals surface area contributed by atoms with E-state index in [1.54, 1.807) is 11.1 Å². The molecule has 122 valence electrons. The molecule has 2 fully saturated rings. The van der Waals surface area contributed by atoms with E-state index >= 15 is 0 Å². The average Bonchev–Trinajstić information content (AvgIpc) is 2.83. The Hall–Kier alpha value is -0.820. The summed E-state index contributed by atoms with van der Waals surface area (Å²) in [5.74, 6) is 1.41. The van der Waals surface area contributed by atoms with Gasteiger partial charge in [0.25, 0.3) is 0 Å². The molecule has 0 aliphatic heterocycles. The van der Waals surface area contributed by atoms with Crippen molar-refractivity contribution in [2.45, 2.75) is 78.2 Å². The number of aliphatic hydroxyl groups is 1. The van der Waals surface area contributed by atoms with E-state index in [-0.39, 0.29) is 6.10 Å². The molecule has 0 heterocycles. The van der Waals surface area contributed by atoms with Crippen molar-refractivity contribution in [1.82, 2.24) is 0 Å². The molecule has 0 aromatic rings. The Morgan fingerprint density at radius 3 is 2.77 bits per heavy atom. The van der Waals surface area contributed by atoms with E-state index in [4.69, 9.17) is 0 Å². The van der Waals surface area contributed by atoms with Gasteiger partial charge in [0.05, 0.1) is 6.10 Å². The van der Waals surface area contributed by atoms with Crippen molar-refractivity contribution in [3.63, 3.8) is 0 Å². The molecule has 3 atom stereocenters. The van der Waals surface area contributed by atoms with Crippen LogP contribution in [-0.2, 0) is 0 Å². The van der Waals surface area contributed by atoms with Gasteiger partial charge >= 0.3 is 0 Å². The van der Waals surface area contributed by atoms with Gasteiger partial charge in [-0.2, -0.15) is 0 Å². The van der Waals surface area contributed by atoms with Crippen LogP contribution in [0.3, 0.4) is 0 Å². The van der Waals surface area contributed by atoms with Crippen molar-refractivity contribution in [2.75, 3.05) is 0 Å². The molecular weight excluding hydrogens is 268 g/mol. The molecule has 1 N–H and O–H groups in total. The lowest BCUT2D eigenvalue weighted by Crippen LogP contribution is -2.32. The summed E-state index contributed by atoms with van der Waals surface area (Å²) in [5, 5.41) is 9.83. The first-order chi connectivity index (χ1) is 10.5. The van der Waals surface area contributed by atoms with Crippen molar-refractivity contribution in [3.8, 4) is 0 Å². The highest BCUT2D eigenvalue weighted by Crippen LogP contribution is 2.56. The Bertz CT molecular complexity index is 508. The molecule has 0 amide bonds. The van der Waals surface area contributed by atoms with Crippen LogP contribution in [0.5, 0.6) is 0 Å². The highest BCUT2D eigenvalue weighted by molar-refractivity contribution is 5.34. The van der Waals surface area contributed by atoms with Crippen molar-refractivity contribution in [3.05, 3.63) is 34.9 Å². The summed E-state index contributed by atoms with van der Waals surface area (Å²) in [6, 6.07) is 0. The van der Waals surface area contributed by atoms with Crippen LogP contribution in [-0.4, -0.2) is 11.2 Å². The third-order valence-electron chi connectivity index (χ3n) is 6.30. The fourth-order valence-corrected chi connectivity index (χ4v) is 5.19. The van der Waals surface area contributed by atoms with E-state index < -0.39 is 0 Å². The molecule has 3 rings (SSSR count). The largest absolute Gasteiger partial charge is 0.393 e. The highest BCUT2D eigenvalue weighted by atomic mass is 16.3. The molecule has 1 heteroatoms. The lowest BCUT2D eigenvalue weighted by molar-refractivity contribution is 0.149. The maximum atomic E-state index is 9.83. The number of rotatable bonds is 2. The first-order valence-corrected chi connectivity index (χ1v) is 9.28. The molecule has 1 nitrogen and oxygen atoms in total. The maximum absolute atomic E-state index is 9.83. The van der Waals surface area contributed by atoms with Crippen LogP contribution in [0, 0.1) is 17.3 Å². The molecule has 3 aliphatic carbocycles. The summed E-state index contributed by atoms with van der Waals surface area (Å²) in [6.45, 7) is 7.20. The molecular formula is C21H32O. The van der Waals surface area contributed by atoms with Crippen LogP contribution in [0.25, 0.3) is 0 Å². The minimum Gasteiger partial charge on any atom is -0.393 e. The smallest absolute Gasteiger partial charge is 0.0577 e. The summed E-state index contributed by atoms with van der Waals surface area (Å²) in [4.78, 5) is 0. The van der Waals surface area contributed by atoms with Gasteiger partial charge in [-0.3, -0.25) is 0 Å². The molecule has 0 aromatic carbocycles. The third kappa shape index (κ3) is 2.97. The lowest BCUT2D eigenvalue weighted by atomic mass is 9.62. The van der Waals surface area contributed by atoms with Gasteiger partial charge in [-0.25, -0.2) is 0 Å². The van der Waals surface area contributed by atoms with Gasteiger partial charge < -0.3 is 5.11 Å². The zero-order valence-electron chi connectivity index (χ0n) is 14.6. The summed E-state index contributed by atoms with van der Waals surface area (Å²) in [7, 11) is 0. The van der Waals surface area contributed by atoms with Crippen LogP contribution in [0.15, 0.2) is 34.9 Å². The summed E-state index contributed by atoms with van der Waals surface area (Å²) >= 11 is 0. The second-order valence-corrected chi connectivity index (χ2v) is 8.19. The summed E-state index contributed by atoms with van der Waals surface area (Å²) in [5.41, 5.74) is 5.22. The first kappa shape index (κ1) is 16.1. The zero-order valence-corrected chi connectivity index (χ0v) is 14.6. The van der Waals surface area contributed by atoms with Gasteiger partial charge in [0.15, 0.2) is 0 Å². The Morgan fingerprint density at radius 2 is 2.05 bits per heavy atom. The predicted molar refractivity (Wildman–Crippen MR) is 93.6 cm³/mol. The second-order valence-electron chi connectivity index (χ2n) is 8.19. The average molecular weight is 300 g/mol. The van der Waals surface area contributed by atoms with Gasteiger partial charge in [-0.05, 0) is 68.6 Å². The molecule has 0 bridgehead atoms. The van der Waals surface area contributed by atoms with Gasteiger partial charge in [-0.15, -0.1) is 0 Å². The number of hydrogen-bond acceptors (Lipinski definition) is 1. The predicted octanol–water partition coefficient (Wildman–Crippen LogP) is 5.57. The third-order valence-corrected chi connectivity index (χ3v) is 6.30. The molecule has 3 aliphatic rings. The van der Waals surface area contributed by atoms with E-state index in [0.29, 0.717) is 11.3 Å². The first-order valence-electron chi connectivity index (χ1n) is 9.28. The van der Waals surface area contributed by atoms with Crippen LogP contribution < -0.4 is 0 Å². The topological polar surface area (TPSA) is 20.2 Å². The van der Waals surface area contributed by atoms with E-state index in [1.165, 1.54) is 37.7 Å². The zero-order chi connectivity index (χ0) is 15.7. The SMILES string of the molecule is CC(C)C1=CCC2/C(=C/C=C3/CCCC(O)C3)CCCC12C. The fourth-order valence-electron chi connectivity index (χ4n) is 5.19. The van der Waals surface area contributed by atoms with Crippen molar-refractivity contribution in [2.24, 2.45) is 17.3 Å². The number of fused-ring (bicyclic) bond motifs is 1. The Morgan fingerprint density at radius 1 is 1.23 bits per heavy atom. The van der Waals surface area contributed by atoms with Crippen LogP contribution in [0.2, 0.25) is 0 Å². The fraction of sp³-hybridized carbons (Fsp3) is 0.714. The normalized spacial score (nSPS) is 39.4. The minimum absolute atomic E-state index is 0.101. The maximum Gasteiger partial charge on any atom is 0.0577 e. The van der Waals surface area contributed by atoms with E-state index in [0.717, 1.165) is 25.2 Å². The molecule has 0 aromatic heterocycles. The van der Waals surface area contributed by atoms with Crippen LogP contribution >= 0.6 is 0 Å². The van der Waals surface area contributed by atoms with Crippen molar-refractivity contribution < 1.29 is 5.11 Å². The standard InChI is InChI=1S/C21H32O/c1-15(2)19-11-12-20-17(7-5-13-21(19,20)3)10-9-16-6-4-8-18(22)14-16/h9-11,15,18,20,22H,4-8,12-14H2,1-3H3/b16-9-,17-10+. The second kappa shape index (κ2) is 6.35. The Kier molecular flexibility index (Phi) is 4.64. The van der Waals surface area contributed by atoms with Gasteiger partial charge in [0, 0.05) is 0 Å². The Labute approximate surface area is 136 Å². The Balaban J connectivity index is 1.78. The van der Waals surface area contributed by atoms with E-state index in [2.05, 4.69) is 39.0 Å². The quantitative estimate of drug-likeness (QED) is 0.661. The summed E-state index contributed by atoms with van der Waals surface area (Å²) in [6.07, 6.45) is 16.6. The number of hydrogen-bond donors (Lipinski definition) is 1. The van der Waals surface area contributed by atoms with Gasteiger partial charge in [-0.1, -0.05) is 55.7 Å². The molecule has 3 unspecified atom stereocenters. The molecule has 0 saturated heterocycles. The highest BCUT2D eigenvalue weighted by Gasteiger charge is 2.45. The molecule has 0 spiro atoms. The number of allylic oxidation sites excluding steroid dienone is 5. The van der Waals surface area contributed by atoms with Crippen LogP contribution in [0.1, 0.15) is 72.1 Å². The monoisotopic (exact) mass is 300 g/mol. The molecule has 22 heavy (non-hydrogen) atoms. The molecule has 2 saturated carbocycles. The molecule has 0 radical (unpaired) electrons. The van der Waals surface area contributed by atoms with E-state index in [1.807, 2.05) is 0 Å². The number of aliphatic hydroxyl groups excluding tert-OH is 1.